The van der Waals surface area contributed by atoms with Crippen molar-refractivity contribution < 1.29 is 14.3 Å². The largest absolute Gasteiger partial charge is 0.362 e. The third kappa shape index (κ3) is 1.45. The SMILES string of the molecule is C[C@@]12C=C[C@@H](O1)[C@@H]1C(=O)N(c3ccc(I)cc3)C(=O)[C@H]12. The number of carbonyl (C=O) groups is 2. The smallest absolute Gasteiger partial charge is 0.241 e. The van der Waals surface area contributed by atoms with E-state index in [0.717, 1.165) is 3.57 Å². The van der Waals surface area contributed by atoms with Crippen LogP contribution in [0.2, 0.25) is 0 Å². The molecule has 2 saturated heterocycles. The number of carbonyl (C=O) groups excluding carboxylic acids is 2. The van der Waals surface area contributed by atoms with E-state index in [4.69, 9.17) is 4.74 Å². The molecule has 3 aliphatic heterocycles. The number of rotatable bonds is 1. The molecule has 0 N–H and O–H groups in total. The summed E-state index contributed by atoms with van der Waals surface area (Å²) < 4.78 is 6.86. The minimum Gasteiger partial charge on any atom is -0.362 e. The molecule has 4 rings (SSSR count). The highest BCUT2D eigenvalue weighted by molar-refractivity contribution is 14.1. The minimum absolute atomic E-state index is 0.140. The van der Waals surface area contributed by atoms with Crippen molar-refractivity contribution in [1.82, 2.24) is 0 Å². The first-order valence-electron chi connectivity index (χ1n) is 6.52. The van der Waals surface area contributed by atoms with Crippen LogP contribution in [0.3, 0.4) is 0 Å². The molecule has 0 radical (unpaired) electrons. The van der Waals surface area contributed by atoms with Gasteiger partial charge in [-0.2, -0.15) is 0 Å². The summed E-state index contributed by atoms with van der Waals surface area (Å²) in [6, 6.07) is 7.43. The van der Waals surface area contributed by atoms with E-state index in [2.05, 4.69) is 22.6 Å². The molecule has 0 unspecified atom stereocenters. The van der Waals surface area contributed by atoms with Crippen molar-refractivity contribution in [3.63, 3.8) is 0 Å². The van der Waals surface area contributed by atoms with Crippen LogP contribution >= 0.6 is 22.6 Å². The number of amides is 2. The van der Waals surface area contributed by atoms with Gasteiger partial charge in [-0.25, -0.2) is 4.90 Å². The van der Waals surface area contributed by atoms with Gasteiger partial charge >= 0.3 is 0 Å². The van der Waals surface area contributed by atoms with E-state index in [-0.39, 0.29) is 29.8 Å². The standard InChI is InChI=1S/C15H12INO3/c1-15-7-6-10(20-15)11-12(15)14(19)17(13(11)18)9-4-2-8(16)3-5-9/h2-7,10-12H,1H3/t10-,11+,12+,15+/m1/s1. The average molecular weight is 381 g/mol. The Morgan fingerprint density at radius 2 is 1.90 bits per heavy atom. The van der Waals surface area contributed by atoms with Crippen molar-refractivity contribution in [3.05, 3.63) is 40.0 Å². The van der Waals surface area contributed by atoms with E-state index in [0.29, 0.717) is 5.69 Å². The minimum atomic E-state index is -0.625. The lowest BCUT2D eigenvalue weighted by atomic mass is 9.78. The van der Waals surface area contributed by atoms with Crippen LogP contribution in [0.1, 0.15) is 6.92 Å². The Labute approximate surface area is 129 Å². The Balaban J connectivity index is 1.77. The van der Waals surface area contributed by atoms with Gasteiger partial charge in [0.25, 0.3) is 0 Å². The number of ether oxygens (including phenoxy) is 1. The van der Waals surface area contributed by atoms with Crippen molar-refractivity contribution in [2.45, 2.75) is 18.6 Å². The first kappa shape index (κ1) is 12.5. The van der Waals surface area contributed by atoms with Gasteiger partial charge in [-0.3, -0.25) is 9.59 Å². The Bertz CT molecular complexity index is 654. The lowest BCUT2D eigenvalue weighted by Crippen LogP contribution is -2.38. The van der Waals surface area contributed by atoms with Crippen LogP contribution in [0.15, 0.2) is 36.4 Å². The molecule has 1 aromatic rings. The molecule has 4 atom stereocenters. The Morgan fingerprint density at radius 1 is 1.20 bits per heavy atom. The Kier molecular flexibility index (Phi) is 2.45. The van der Waals surface area contributed by atoms with E-state index >= 15 is 0 Å². The third-order valence-electron chi connectivity index (χ3n) is 4.41. The molecule has 0 aromatic heterocycles. The maximum absolute atomic E-state index is 12.7. The predicted octanol–water partition coefficient (Wildman–Crippen LogP) is 2.12. The van der Waals surface area contributed by atoms with Gasteiger partial charge in [0.1, 0.15) is 0 Å². The summed E-state index contributed by atoms with van der Waals surface area (Å²) in [7, 11) is 0. The van der Waals surface area contributed by atoms with E-state index in [1.54, 1.807) is 0 Å². The molecule has 4 nitrogen and oxygen atoms in total. The third-order valence-corrected chi connectivity index (χ3v) is 5.13. The molecule has 3 heterocycles. The molecule has 0 saturated carbocycles. The molecule has 2 bridgehead atoms. The van der Waals surface area contributed by atoms with Crippen molar-refractivity contribution in [3.8, 4) is 0 Å². The van der Waals surface area contributed by atoms with Gasteiger partial charge in [0, 0.05) is 3.57 Å². The fraction of sp³-hybridized carbons (Fsp3) is 0.333. The second-order valence-electron chi connectivity index (χ2n) is 5.62. The number of hydrogen-bond acceptors (Lipinski definition) is 3. The molecular formula is C15H12INO3. The van der Waals surface area contributed by atoms with E-state index in [9.17, 15) is 9.59 Å². The van der Waals surface area contributed by atoms with Crippen molar-refractivity contribution in [2.24, 2.45) is 11.8 Å². The number of benzene rings is 1. The fourth-order valence-corrected chi connectivity index (χ4v) is 3.86. The van der Waals surface area contributed by atoms with E-state index in [1.165, 1.54) is 4.90 Å². The number of nitrogens with zero attached hydrogens (tertiary/aromatic N) is 1. The highest BCUT2D eigenvalue weighted by Crippen LogP contribution is 2.52. The summed E-state index contributed by atoms with van der Waals surface area (Å²) in [6.07, 6.45) is 3.57. The molecule has 2 amide bonds. The lowest BCUT2D eigenvalue weighted by Gasteiger charge is -2.24. The second-order valence-corrected chi connectivity index (χ2v) is 6.86. The molecule has 0 spiro atoms. The maximum Gasteiger partial charge on any atom is 0.241 e. The maximum atomic E-state index is 12.7. The van der Waals surface area contributed by atoms with Crippen molar-refractivity contribution in [1.29, 1.82) is 0 Å². The predicted molar refractivity (Wildman–Crippen MR) is 81.1 cm³/mol. The lowest BCUT2D eigenvalue weighted by molar-refractivity contribution is -0.126. The molecule has 5 heteroatoms. The van der Waals surface area contributed by atoms with Crippen LogP contribution in [0, 0.1) is 15.4 Å². The van der Waals surface area contributed by atoms with Gasteiger partial charge in [0.15, 0.2) is 0 Å². The van der Waals surface area contributed by atoms with Crippen LogP contribution < -0.4 is 4.90 Å². The summed E-state index contributed by atoms with van der Waals surface area (Å²) in [5.41, 5.74) is 0.0258. The summed E-state index contributed by atoms with van der Waals surface area (Å²) in [5.74, 6) is -1.03. The number of imide groups is 1. The molecule has 0 aliphatic carbocycles. The summed E-state index contributed by atoms with van der Waals surface area (Å²) in [4.78, 5) is 26.6. The van der Waals surface area contributed by atoms with Crippen LogP contribution in [0.5, 0.6) is 0 Å². The zero-order valence-electron chi connectivity index (χ0n) is 10.7. The Morgan fingerprint density at radius 3 is 2.55 bits per heavy atom. The average Bonchev–Trinajstić information content (AvgIpc) is 3.01. The van der Waals surface area contributed by atoms with Gasteiger partial charge in [-0.05, 0) is 53.8 Å². The molecule has 102 valence electrons. The molecule has 20 heavy (non-hydrogen) atoms. The highest BCUT2D eigenvalue weighted by atomic mass is 127. The Hall–Kier alpha value is -1.21. The quantitative estimate of drug-likeness (QED) is 0.426. The highest BCUT2D eigenvalue weighted by Gasteiger charge is 2.65. The van der Waals surface area contributed by atoms with Crippen LogP contribution in [-0.2, 0) is 14.3 Å². The van der Waals surface area contributed by atoms with Gasteiger partial charge in [-0.1, -0.05) is 12.2 Å². The monoisotopic (exact) mass is 381 g/mol. The first-order valence-corrected chi connectivity index (χ1v) is 7.60. The topological polar surface area (TPSA) is 46.6 Å². The van der Waals surface area contributed by atoms with Crippen molar-refractivity contribution >= 4 is 40.1 Å². The number of hydrogen-bond donors (Lipinski definition) is 0. The summed E-state index contributed by atoms with van der Waals surface area (Å²) >= 11 is 2.20. The van der Waals surface area contributed by atoms with Crippen LogP contribution in [0.25, 0.3) is 0 Å². The number of anilines is 1. The van der Waals surface area contributed by atoms with Crippen molar-refractivity contribution in [2.75, 3.05) is 4.90 Å². The summed E-state index contributed by atoms with van der Waals surface area (Å²) in [5, 5.41) is 0. The number of halogens is 1. The fourth-order valence-electron chi connectivity index (χ4n) is 3.50. The van der Waals surface area contributed by atoms with Gasteiger partial charge < -0.3 is 4.74 Å². The van der Waals surface area contributed by atoms with E-state index < -0.39 is 5.60 Å². The normalized spacial score (nSPS) is 37.9. The zero-order chi connectivity index (χ0) is 14.1. The number of fused-ring (bicyclic) bond motifs is 5. The second kappa shape index (κ2) is 3.92. The first-order chi connectivity index (χ1) is 9.51. The van der Waals surface area contributed by atoms with Crippen LogP contribution in [0.4, 0.5) is 5.69 Å². The van der Waals surface area contributed by atoms with Crippen LogP contribution in [-0.4, -0.2) is 23.5 Å². The van der Waals surface area contributed by atoms with E-state index in [1.807, 2.05) is 43.3 Å². The summed E-state index contributed by atoms with van der Waals surface area (Å²) in [6.45, 7) is 1.89. The van der Waals surface area contributed by atoms with Gasteiger partial charge in [0.2, 0.25) is 11.8 Å². The molecule has 2 fully saturated rings. The zero-order valence-corrected chi connectivity index (χ0v) is 12.9. The molecular weight excluding hydrogens is 369 g/mol. The van der Waals surface area contributed by atoms with Gasteiger partial charge in [0.05, 0.1) is 29.2 Å². The molecule has 1 aromatic carbocycles. The van der Waals surface area contributed by atoms with Gasteiger partial charge in [-0.15, -0.1) is 0 Å². The molecule has 3 aliphatic rings.